The van der Waals surface area contributed by atoms with E-state index in [0.717, 1.165) is 6.42 Å². The molecule has 5 heteroatoms. The van der Waals surface area contributed by atoms with Gasteiger partial charge < -0.3 is 20.5 Å². The highest BCUT2D eigenvalue weighted by atomic mass is 16.5. The third kappa shape index (κ3) is 2.68. The van der Waals surface area contributed by atoms with E-state index in [9.17, 15) is 4.79 Å². The van der Waals surface area contributed by atoms with Crippen LogP contribution in [-0.4, -0.2) is 32.3 Å². The van der Waals surface area contributed by atoms with E-state index < -0.39 is 0 Å². The Hall–Kier alpha value is -1.75. The fourth-order valence-corrected chi connectivity index (χ4v) is 1.81. The molecule has 0 spiro atoms. The number of carbonyl (C=O) groups excluding carboxylic acids is 1. The Bertz CT molecular complexity index is 414. The van der Waals surface area contributed by atoms with E-state index in [0.29, 0.717) is 30.2 Å². The van der Waals surface area contributed by atoms with Crippen LogP contribution in [0.15, 0.2) is 18.2 Å². The van der Waals surface area contributed by atoms with Crippen molar-refractivity contribution in [3.05, 3.63) is 23.8 Å². The minimum absolute atomic E-state index is 0.0877. The third-order valence-electron chi connectivity index (χ3n) is 2.74. The van der Waals surface area contributed by atoms with Crippen molar-refractivity contribution < 1.29 is 14.3 Å². The monoisotopic (exact) mass is 236 g/mol. The van der Waals surface area contributed by atoms with Gasteiger partial charge in [0, 0.05) is 18.4 Å². The van der Waals surface area contributed by atoms with E-state index in [1.54, 1.807) is 18.2 Å². The van der Waals surface area contributed by atoms with Gasteiger partial charge in [-0.3, -0.25) is 4.79 Å². The fraction of sp³-hybridized carbons (Fsp3) is 0.417. The quantitative estimate of drug-likeness (QED) is 0.761. The van der Waals surface area contributed by atoms with Crippen LogP contribution in [0.25, 0.3) is 0 Å². The van der Waals surface area contributed by atoms with Crippen LogP contribution in [0.5, 0.6) is 5.75 Å². The molecule has 3 N–H and O–H groups in total. The van der Waals surface area contributed by atoms with Gasteiger partial charge in [0.2, 0.25) is 0 Å². The smallest absolute Gasteiger partial charge is 0.255 e. The molecular weight excluding hydrogens is 220 g/mol. The normalized spacial score (nSPS) is 19.0. The summed E-state index contributed by atoms with van der Waals surface area (Å²) in [5.41, 5.74) is 6.70. The number of anilines is 1. The number of nitrogens with one attached hydrogen (secondary N) is 1. The zero-order valence-electron chi connectivity index (χ0n) is 9.73. The molecule has 0 bridgehead atoms. The second-order valence-corrected chi connectivity index (χ2v) is 3.99. The van der Waals surface area contributed by atoms with Gasteiger partial charge in [-0.25, -0.2) is 0 Å². The molecule has 1 saturated heterocycles. The van der Waals surface area contributed by atoms with Crippen LogP contribution in [0.1, 0.15) is 16.8 Å². The number of methoxy groups -OCH3 is 1. The number of amides is 1. The van der Waals surface area contributed by atoms with Gasteiger partial charge in [0.25, 0.3) is 5.91 Å². The summed E-state index contributed by atoms with van der Waals surface area (Å²) in [7, 11) is 1.52. The van der Waals surface area contributed by atoms with Crippen molar-refractivity contribution in [3.63, 3.8) is 0 Å². The molecule has 2 rings (SSSR count). The third-order valence-corrected chi connectivity index (χ3v) is 2.74. The minimum atomic E-state index is -0.155. The zero-order chi connectivity index (χ0) is 12.3. The second-order valence-electron chi connectivity index (χ2n) is 3.99. The van der Waals surface area contributed by atoms with Crippen LogP contribution in [0, 0.1) is 0 Å². The van der Waals surface area contributed by atoms with Crippen LogP contribution < -0.4 is 15.8 Å². The summed E-state index contributed by atoms with van der Waals surface area (Å²) in [6.45, 7) is 1.27. The lowest BCUT2D eigenvalue weighted by atomic mass is 10.1. The van der Waals surface area contributed by atoms with Gasteiger partial charge in [-0.15, -0.1) is 0 Å². The molecule has 1 fully saturated rings. The molecule has 1 heterocycles. The average molecular weight is 236 g/mol. The second kappa shape index (κ2) is 5.05. The average Bonchev–Trinajstić information content (AvgIpc) is 2.81. The predicted molar refractivity (Wildman–Crippen MR) is 64.1 cm³/mol. The fourth-order valence-electron chi connectivity index (χ4n) is 1.81. The predicted octanol–water partition coefficient (Wildman–Crippen LogP) is 0.796. The van der Waals surface area contributed by atoms with Crippen molar-refractivity contribution in [3.8, 4) is 5.75 Å². The molecule has 1 amide bonds. The van der Waals surface area contributed by atoms with Crippen LogP contribution in [-0.2, 0) is 4.74 Å². The van der Waals surface area contributed by atoms with Crippen molar-refractivity contribution in [2.75, 3.05) is 26.1 Å². The number of rotatable bonds is 3. The van der Waals surface area contributed by atoms with Gasteiger partial charge in [0.1, 0.15) is 5.75 Å². The molecule has 1 unspecified atom stereocenters. The SMILES string of the molecule is COc1cc(N)ccc1C(=O)NC1CCOC1. The molecule has 1 aromatic carbocycles. The Labute approximate surface area is 99.9 Å². The van der Waals surface area contributed by atoms with E-state index in [1.807, 2.05) is 0 Å². The Balaban J connectivity index is 2.12. The topological polar surface area (TPSA) is 73.6 Å². The molecule has 92 valence electrons. The van der Waals surface area contributed by atoms with Gasteiger partial charge in [-0.1, -0.05) is 0 Å². The molecule has 1 aromatic rings. The summed E-state index contributed by atoms with van der Waals surface area (Å²) in [4.78, 5) is 12.0. The first kappa shape index (κ1) is 11.7. The summed E-state index contributed by atoms with van der Waals surface area (Å²) in [5, 5.41) is 2.90. The number of nitrogens with two attached hydrogens (primary N) is 1. The lowest BCUT2D eigenvalue weighted by Gasteiger charge is -2.13. The van der Waals surface area contributed by atoms with Gasteiger partial charge in [0.05, 0.1) is 25.3 Å². The molecule has 0 radical (unpaired) electrons. The van der Waals surface area contributed by atoms with Gasteiger partial charge >= 0.3 is 0 Å². The molecule has 5 nitrogen and oxygen atoms in total. The van der Waals surface area contributed by atoms with Crippen LogP contribution in [0.2, 0.25) is 0 Å². The lowest BCUT2D eigenvalue weighted by molar-refractivity contribution is 0.0927. The van der Waals surface area contributed by atoms with Crippen molar-refractivity contribution in [1.29, 1.82) is 0 Å². The van der Waals surface area contributed by atoms with Gasteiger partial charge in [-0.2, -0.15) is 0 Å². The summed E-state index contributed by atoms with van der Waals surface area (Å²) >= 11 is 0. The standard InChI is InChI=1S/C12H16N2O3/c1-16-11-6-8(13)2-3-10(11)12(15)14-9-4-5-17-7-9/h2-3,6,9H,4-5,7,13H2,1H3,(H,14,15). The highest BCUT2D eigenvalue weighted by Gasteiger charge is 2.20. The summed E-state index contributed by atoms with van der Waals surface area (Å²) in [6, 6.07) is 5.08. The van der Waals surface area contributed by atoms with Crippen molar-refractivity contribution >= 4 is 11.6 Å². The maximum atomic E-state index is 12.0. The number of ether oxygens (including phenoxy) is 2. The van der Waals surface area contributed by atoms with Crippen LogP contribution in [0.4, 0.5) is 5.69 Å². The molecule has 1 atom stereocenters. The van der Waals surface area contributed by atoms with E-state index in [4.69, 9.17) is 15.2 Å². The highest BCUT2D eigenvalue weighted by Crippen LogP contribution is 2.21. The summed E-state index contributed by atoms with van der Waals surface area (Å²) in [5.74, 6) is 0.332. The number of benzene rings is 1. The van der Waals surface area contributed by atoms with E-state index >= 15 is 0 Å². The molecule has 0 aromatic heterocycles. The summed E-state index contributed by atoms with van der Waals surface area (Å²) in [6.07, 6.45) is 0.850. The van der Waals surface area contributed by atoms with Crippen LogP contribution in [0.3, 0.4) is 0 Å². The Morgan fingerprint density at radius 2 is 2.41 bits per heavy atom. The molecule has 0 aliphatic carbocycles. The molecule has 0 saturated carbocycles. The maximum absolute atomic E-state index is 12.0. The molecule has 1 aliphatic heterocycles. The maximum Gasteiger partial charge on any atom is 0.255 e. The first-order valence-corrected chi connectivity index (χ1v) is 5.53. The van der Waals surface area contributed by atoms with Crippen molar-refractivity contribution in [2.24, 2.45) is 0 Å². The van der Waals surface area contributed by atoms with E-state index in [2.05, 4.69) is 5.32 Å². The van der Waals surface area contributed by atoms with Crippen molar-refractivity contribution in [2.45, 2.75) is 12.5 Å². The van der Waals surface area contributed by atoms with E-state index in [-0.39, 0.29) is 11.9 Å². The zero-order valence-corrected chi connectivity index (χ0v) is 9.73. The Morgan fingerprint density at radius 1 is 1.59 bits per heavy atom. The molecule has 17 heavy (non-hydrogen) atoms. The molecular formula is C12H16N2O3. The first-order valence-electron chi connectivity index (χ1n) is 5.53. The number of hydrogen-bond acceptors (Lipinski definition) is 4. The Morgan fingerprint density at radius 3 is 3.06 bits per heavy atom. The van der Waals surface area contributed by atoms with Gasteiger partial charge in [0.15, 0.2) is 0 Å². The minimum Gasteiger partial charge on any atom is -0.496 e. The molecule has 1 aliphatic rings. The highest BCUT2D eigenvalue weighted by molar-refractivity contribution is 5.97. The number of carbonyl (C=O) groups is 1. The number of hydrogen-bond donors (Lipinski definition) is 2. The van der Waals surface area contributed by atoms with Gasteiger partial charge in [-0.05, 0) is 18.6 Å². The van der Waals surface area contributed by atoms with Crippen molar-refractivity contribution in [1.82, 2.24) is 5.32 Å². The first-order chi connectivity index (χ1) is 8.20. The lowest BCUT2D eigenvalue weighted by Crippen LogP contribution is -2.35. The number of nitrogen functional groups attached to an aromatic ring is 1. The summed E-state index contributed by atoms with van der Waals surface area (Å²) < 4.78 is 10.3. The Kier molecular flexibility index (Phi) is 3.49. The van der Waals surface area contributed by atoms with E-state index in [1.165, 1.54) is 7.11 Å². The largest absolute Gasteiger partial charge is 0.496 e. The van der Waals surface area contributed by atoms with Crippen LogP contribution >= 0.6 is 0 Å².